The molecule has 1 heteroatoms. The van der Waals surface area contributed by atoms with Crippen molar-refractivity contribution in [1.82, 2.24) is 0 Å². The first-order chi connectivity index (χ1) is 24.9. The molecule has 4 rings (SSSR count). The van der Waals surface area contributed by atoms with Crippen LogP contribution in [0.2, 0.25) is 0 Å². The van der Waals surface area contributed by atoms with E-state index in [-0.39, 0.29) is 0 Å². The molecule has 0 heterocycles. The van der Waals surface area contributed by atoms with Gasteiger partial charge in [-0.25, -0.2) is 0 Å². The highest BCUT2D eigenvalue weighted by Gasteiger charge is 2.35. The fraction of sp³-hybridized carbons (Fsp3) is 0.0800. The lowest BCUT2D eigenvalue weighted by molar-refractivity contribution is 0.662. The van der Waals surface area contributed by atoms with Crippen LogP contribution in [0.5, 0.6) is 0 Å². The van der Waals surface area contributed by atoms with E-state index in [0.717, 1.165) is 51.9 Å². The molecule has 3 aromatic carbocycles. The van der Waals surface area contributed by atoms with Crippen molar-refractivity contribution in [1.29, 1.82) is 0 Å². The van der Waals surface area contributed by atoms with E-state index >= 15 is 0 Å². The maximum atomic E-state index is 6.21. The van der Waals surface area contributed by atoms with E-state index in [1.165, 1.54) is 16.7 Å². The van der Waals surface area contributed by atoms with Gasteiger partial charge in [0.05, 0.1) is 0 Å². The Labute approximate surface area is 306 Å². The molecule has 0 bridgehead atoms. The van der Waals surface area contributed by atoms with Crippen molar-refractivity contribution in [3.05, 3.63) is 254 Å². The van der Waals surface area contributed by atoms with E-state index in [1.807, 2.05) is 73.7 Å². The largest absolute Gasteiger partial charge is 0.398 e. The Bertz CT molecular complexity index is 2010. The lowest BCUT2D eigenvalue weighted by Crippen LogP contribution is -2.27. The van der Waals surface area contributed by atoms with Crippen molar-refractivity contribution in [3.8, 4) is 0 Å². The van der Waals surface area contributed by atoms with Crippen LogP contribution in [0.4, 0.5) is 5.69 Å². The molecule has 1 unspecified atom stereocenters. The smallest absolute Gasteiger partial charge is 0.0425 e. The molecule has 3 aromatic rings. The van der Waals surface area contributed by atoms with Gasteiger partial charge >= 0.3 is 0 Å². The first kappa shape index (κ1) is 37.6. The fourth-order valence-electron chi connectivity index (χ4n) is 6.06. The summed E-state index contributed by atoms with van der Waals surface area (Å²) in [4.78, 5) is 0. The van der Waals surface area contributed by atoms with Crippen molar-refractivity contribution < 1.29 is 0 Å². The summed E-state index contributed by atoms with van der Waals surface area (Å²) in [5, 5.41) is 0. The topological polar surface area (TPSA) is 26.0 Å². The number of rotatable bonds is 15. The Morgan fingerprint density at radius 3 is 2.25 bits per heavy atom. The highest BCUT2D eigenvalue weighted by atomic mass is 14.6. The van der Waals surface area contributed by atoms with Gasteiger partial charge in [0.15, 0.2) is 0 Å². The van der Waals surface area contributed by atoms with Gasteiger partial charge in [-0.1, -0.05) is 208 Å². The third-order valence-corrected chi connectivity index (χ3v) is 8.74. The number of hydrogen-bond donors (Lipinski definition) is 1. The minimum Gasteiger partial charge on any atom is -0.398 e. The number of allylic oxidation sites excluding steroid dienone is 23. The third kappa shape index (κ3) is 10.4. The second kappa shape index (κ2) is 19.7. The van der Waals surface area contributed by atoms with Crippen LogP contribution >= 0.6 is 0 Å². The van der Waals surface area contributed by atoms with Gasteiger partial charge in [-0.2, -0.15) is 0 Å². The van der Waals surface area contributed by atoms with E-state index < -0.39 is 5.41 Å². The zero-order chi connectivity index (χ0) is 36.3. The number of para-hydroxylation sites is 1. The van der Waals surface area contributed by atoms with Crippen LogP contribution in [0.15, 0.2) is 226 Å². The molecule has 0 amide bonds. The van der Waals surface area contributed by atoms with Gasteiger partial charge in [-0.15, -0.1) is 0 Å². The first-order valence-corrected chi connectivity index (χ1v) is 17.3. The molecule has 0 spiro atoms. The summed E-state index contributed by atoms with van der Waals surface area (Å²) >= 11 is 0. The molecule has 1 aliphatic carbocycles. The molecule has 0 aromatic heterocycles. The summed E-state index contributed by atoms with van der Waals surface area (Å²) in [5.74, 6) is 0. The predicted octanol–water partition coefficient (Wildman–Crippen LogP) is 13.0. The molecule has 0 radical (unpaired) electrons. The van der Waals surface area contributed by atoms with Crippen LogP contribution in [0.25, 0.3) is 17.2 Å². The molecule has 1 atom stereocenters. The molecule has 0 aliphatic heterocycles. The van der Waals surface area contributed by atoms with Crippen LogP contribution in [-0.2, 0) is 11.8 Å². The lowest BCUT2D eigenvalue weighted by Gasteiger charge is -2.36. The fourth-order valence-corrected chi connectivity index (χ4v) is 6.06. The van der Waals surface area contributed by atoms with Gasteiger partial charge in [0.2, 0.25) is 0 Å². The van der Waals surface area contributed by atoms with Crippen LogP contribution in [-0.4, -0.2) is 0 Å². The van der Waals surface area contributed by atoms with Gasteiger partial charge in [-0.05, 0) is 82.0 Å². The number of nitrogen functional groups attached to an aromatic ring is 1. The van der Waals surface area contributed by atoms with Crippen LogP contribution in [0.1, 0.15) is 41.2 Å². The number of nitrogens with two attached hydrogens (primary N) is 1. The summed E-state index contributed by atoms with van der Waals surface area (Å²) in [5.41, 5.74) is 16.3. The Kier molecular flexibility index (Phi) is 14.6. The summed E-state index contributed by atoms with van der Waals surface area (Å²) < 4.78 is 0. The Morgan fingerprint density at radius 2 is 1.51 bits per heavy atom. The predicted molar refractivity (Wildman–Crippen MR) is 227 cm³/mol. The van der Waals surface area contributed by atoms with Gasteiger partial charge in [0.1, 0.15) is 0 Å². The highest BCUT2D eigenvalue weighted by Crippen LogP contribution is 2.46. The Hall–Kier alpha value is -6.18. The summed E-state index contributed by atoms with van der Waals surface area (Å²) in [6.07, 6.45) is 42.5. The van der Waals surface area contributed by atoms with Crippen molar-refractivity contribution in [2.75, 3.05) is 5.73 Å². The maximum Gasteiger partial charge on any atom is 0.0425 e. The number of fused-ring (bicyclic) bond motifs is 1. The second-order valence-corrected chi connectivity index (χ2v) is 12.2. The summed E-state index contributed by atoms with van der Waals surface area (Å²) in [6.45, 7) is 18.8. The molecule has 0 saturated heterocycles. The highest BCUT2D eigenvalue weighted by molar-refractivity contribution is 5.84. The summed E-state index contributed by atoms with van der Waals surface area (Å²) in [7, 11) is 0. The van der Waals surface area contributed by atoms with Gasteiger partial charge < -0.3 is 5.73 Å². The molecular formula is C50H49N. The van der Waals surface area contributed by atoms with Crippen LogP contribution in [0, 0.1) is 0 Å². The number of benzene rings is 3. The Balaban J connectivity index is 1.91. The standard InChI is InChI=1S/C50H49N/c1-6-9-12-16-25-40(4)47(33-21-19-29-43-30-20-22-34-49(43)51)44-35-36-48-45(38-44)31-24-32-46(42-27-17-14-18-28-42)39-50(48,37-23-13-10-7-2)41(5)26-15-11-8-3/h6-28,30-38H,1-2,4-5,29,39,51H2,3H3/b11-8-,12-9-,13-10-,21-19-,25-16-,26-15-,31-24-,37-23-,46-32+,47-33+. The molecule has 0 fully saturated rings. The normalized spacial score (nSPS) is 18.5. The number of hydrogen-bond acceptors (Lipinski definition) is 1. The SMILES string of the molecule is C=C/C=C\C=C/C(=C)/C(=C\C=C/Cc1ccccc1N)c1ccc2c(c1)/C=C\C=C(\c1ccccc1)CC2(/C=C\C=C/C=C)C(=C)/C=C\C=C/C. The van der Waals surface area contributed by atoms with Gasteiger partial charge in [0.25, 0.3) is 0 Å². The quantitative estimate of drug-likeness (QED) is 0.127. The molecule has 2 N–H and O–H groups in total. The third-order valence-electron chi connectivity index (χ3n) is 8.74. The zero-order valence-electron chi connectivity index (χ0n) is 29.8. The molecule has 1 aliphatic rings. The van der Waals surface area contributed by atoms with Gasteiger partial charge in [-0.3, -0.25) is 0 Å². The molecular weight excluding hydrogens is 615 g/mol. The van der Waals surface area contributed by atoms with E-state index in [9.17, 15) is 0 Å². The van der Waals surface area contributed by atoms with Crippen molar-refractivity contribution >= 4 is 22.9 Å². The minimum atomic E-state index is -0.546. The molecule has 1 nitrogen and oxygen atoms in total. The van der Waals surface area contributed by atoms with Crippen LogP contribution in [0.3, 0.4) is 0 Å². The van der Waals surface area contributed by atoms with Crippen molar-refractivity contribution in [2.24, 2.45) is 0 Å². The summed E-state index contributed by atoms with van der Waals surface area (Å²) in [6, 6.07) is 25.3. The average Bonchev–Trinajstić information content (AvgIpc) is 3.14. The van der Waals surface area contributed by atoms with E-state index in [2.05, 4.69) is 135 Å². The van der Waals surface area contributed by atoms with E-state index in [4.69, 9.17) is 12.3 Å². The molecule has 254 valence electrons. The second-order valence-electron chi connectivity index (χ2n) is 12.2. The minimum absolute atomic E-state index is 0.546. The monoisotopic (exact) mass is 663 g/mol. The number of anilines is 1. The Morgan fingerprint density at radius 1 is 0.784 bits per heavy atom. The van der Waals surface area contributed by atoms with Gasteiger partial charge in [0, 0.05) is 11.1 Å². The first-order valence-electron chi connectivity index (χ1n) is 17.3. The maximum absolute atomic E-state index is 6.21. The van der Waals surface area contributed by atoms with Crippen molar-refractivity contribution in [3.63, 3.8) is 0 Å². The average molecular weight is 664 g/mol. The zero-order valence-corrected chi connectivity index (χ0v) is 29.8. The van der Waals surface area contributed by atoms with E-state index in [1.54, 1.807) is 12.2 Å². The van der Waals surface area contributed by atoms with E-state index in [0.29, 0.717) is 0 Å². The molecule has 51 heavy (non-hydrogen) atoms. The van der Waals surface area contributed by atoms with Crippen molar-refractivity contribution in [2.45, 2.75) is 25.2 Å². The van der Waals surface area contributed by atoms with Crippen LogP contribution < -0.4 is 5.73 Å². The lowest BCUT2D eigenvalue weighted by atomic mass is 9.66. The molecule has 0 saturated carbocycles.